The topological polar surface area (TPSA) is 42.2 Å². The van der Waals surface area contributed by atoms with Gasteiger partial charge >= 0.3 is 0 Å². The number of hydrogen-bond donors (Lipinski definition) is 1. The van der Waals surface area contributed by atoms with Crippen molar-refractivity contribution < 1.29 is 0 Å². The SMILES string of the molecule is c1cc2nc(NCC3CCCC3)ccn2n1. The zero-order valence-corrected chi connectivity index (χ0v) is 9.26. The fraction of sp³-hybridized carbons (Fsp3) is 0.500. The van der Waals surface area contributed by atoms with Crippen LogP contribution in [0.3, 0.4) is 0 Å². The van der Waals surface area contributed by atoms with Crippen molar-refractivity contribution in [1.82, 2.24) is 14.6 Å². The van der Waals surface area contributed by atoms with E-state index >= 15 is 0 Å². The Morgan fingerprint density at radius 1 is 1.31 bits per heavy atom. The van der Waals surface area contributed by atoms with Gasteiger partial charge in [-0.3, -0.25) is 0 Å². The van der Waals surface area contributed by atoms with Gasteiger partial charge in [-0.1, -0.05) is 12.8 Å². The first-order valence-corrected chi connectivity index (χ1v) is 5.96. The van der Waals surface area contributed by atoms with E-state index in [4.69, 9.17) is 0 Å². The molecule has 2 heterocycles. The smallest absolute Gasteiger partial charge is 0.157 e. The summed E-state index contributed by atoms with van der Waals surface area (Å²) in [5.41, 5.74) is 0.899. The molecule has 0 bridgehead atoms. The molecule has 84 valence electrons. The van der Waals surface area contributed by atoms with E-state index in [9.17, 15) is 0 Å². The van der Waals surface area contributed by atoms with E-state index in [0.29, 0.717) is 0 Å². The molecule has 0 aliphatic heterocycles. The minimum absolute atomic E-state index is 0.836. The van der Waals surface area contributed by atoms with Crippen molar-refractivity contribution in [2.75, 3.05) is 11.9 Å². The summed E-state index contributed by atoms with van der Waals surface area (Å²) < 4.78 is 1.78. The molecule has 3 rings (SSSR count). The van der Waals surface area contributed by atoms with Gasteiger partial charge < -0.3 is 5.32 Å². The molecule has 16 heavy (non-hydrogen) atoms. The second-order valence-corrected chi connectivity index (χ2v) is 4.48. The molecule has 0 spiro atoms. The largest absolute Gasteiger partial charge is 0.370 e. The predicted molar refractivity (Wildman–Crippen MR) is 63.4 cm³/mol. The Bertz CT molecular complexity index is 471. The van der Waals surface area contributed by atoms with Crippen LogP contribution in [0.5, 0.6) is 0 Å². The highest BCUT2D eigenvalue weighted by Crippen LogP contribution is 2.24. The fourth-order valence-corrected chi connectivity index (χ4v) is 2.37. The van der Waals surface area contributed by atoms with Crippen LogP contribution in [0, 0.1) is 5.92 Å². The Balaban J connectivity index is 1.68. The quantitative estimate of drug-likeness (QED) is 0.856. The Kier molecular flexibility index (Phi) is 2.48. The lowest BCUT2D eigenvalue weighted by Crippen LogP contribution is -2.12. The average Bonchev–Trinajstić information content (AvgIpc) is 2.97. The van der Waals surface area contributed by atoms with Gasteiger partial charge in [0.05, 0.1) is 6.20 Å². The standard InChI is InChI=1S/C12H16N4/c1-2-4-10(3-1)9-13-11-6-8-16-12(15-11)5-7-14-16/h5-8,10H,1-4,9H2,(H,13,15). The van der Waals surface area contributed by atoms with Gasteiger partial charge in [-0.2, -0.15) is 5.10 Å². The Morgan fingerprint density at radius 2 is 2.19 bits per heavy atom. The van der Waals surface area contributed by atoms with Crippen molar-refractivity contribution in [2.24, 2.45) is 5.92 Å². The number of rotatable bonds is 3. The summed E-state index contributed by atoms with van der Waals surface area (Å²) in [5, 5.41) is 7.54. The van der Waals surface area contributed by atoms with Crippen molar-refractivity contribution in [2.45, 2.75) is 25.7 Å². The monoisotopic (exact) mass is 216 g/mol. The van der Waals surface area contributed by atoms with E-state index < -0.39 is 0 Å². The van der Waals surface area contributed by atoms with E-state index in [-0.39, 0.29) is 0 Å². The van der Waals surface area contributed by atoms with Crippen LogP contribution >= 0.6 is 0 Å². The Morgan fingerprint density at radius 3 is 3.06 bits per heavy atom. The zero-order valence-electron chi connectivity index (χ0n) is 9.26. The molecule has 1 aliphatic carbocycles. The summed E-state index contributed by atoms with van der Waals surface area (Å²) >= 11 is 0. The third-order valence-corrected chi connectivity index (χ3v) is 3.30. The molecule has 1 N–H and O–H groups in total. The number of anilines is 1. The highest BCUT2D eigenvalue weighted by Gasteiger charge is 2.14. The third kappa shape index (κ3) is 1.87. The second kappa shape index (κ2) is 4.12. The van der Waals surface area contributed by atoms with Crippen molar-refractivity contribution in [3.63, 3.8) is 0 Å². The summed E-state index contributed by atoms with van der Waals surface area (Å²) in [6.07, 6.45) is 9.22. The molecule has 0 saturated heterocycles. The van der Waals surface area contributed by atoms with Gasteiger partial charge in [0.2, 0.25) is 0 Å². The molecule has 0 amide bonds. The first kappa shape index (κ1) is 9.63. The van der Waals surface area contributed by atoms with Crippen LogP contribution in [0.1, 0.15) is 25.7 Å². The molecule has 1 saturated carbocycles. The van der Waals surface area contributed by atoms with E-state index in [2.05, 4.69) is 15.4 Å². The molecule has 4 nitrogen and oxygen atoms in total. The van der Waals surface area contributed by atoms with Crippen LogP contribution in [-0.2, 0) is 0 Å². The van der Waals surface area contributed by atoms with E-state index in [0.717, 1.165) is 23.9 Å². The molecule has 0 radical (unpaired) electrons. The Hall–Kier alpha value is -1.58. The number of nitrogens with one attached hydrogen (secondary N) is 1. The van der Waals surface area contributed by atoms with Gasteiger partial charge in [0, 0.05) is 18.8 Å². The average molecular weight is 216 g/mol. The summed E-state index contributed by atoms with van der Waals surface area (Å²) in [5.74, 6) is 1.79. The number of nitrogens with zero attached hydrogens (tertiary/aromatic N) is 3. The lowest BCUT2D eigenvalue weighted by atomic mass is 10.1. The highest BCUT2D eigenvalue weighted by molar-refractivity contribution is 5.45. The highest BCUT2D eigenvalue weighted by atomic mass is 15.2. The van der Waals surface area contributed by atoms with Crippen molar-refractivity contribution in [3.8, 4) is 0 Å². The molecular weight excluding hydrogens is 200 g/mol. The van der Waals surface area contributed by atoms with Gasteiger partial charge in [0.1, 0.15) is 5.82 Å². The maximum absolute atomic E-state index is 4.49. The summed E-state index contributed by atoms with van der Waals surface area (Å²) in [4.78, 5) is 4.49. The van der Waals surface area contributed by atoms with Crippen LogP contribution in [0.4, 0.5) is 5.82 Å². The van der Waals surface area contributed by atoms with Gasteiger partial charge in [0.25, 0.3) is 0 Å². The molecular formula is C12H16N4. The minimum atomic E-state index is 0.836. The van der Waals surface area contributed by atoms with Gasteiger partial charge in [-0.15, -0.1) is 0 Å². The summed E-state index contributed by atoms with van der Waals surface area (Å²) in [7, 11) is 0. The Labute approximate surface area is 94.7 Å². The second-order valence-electron chi connectivity index (χ2n) is 4.48. The van der Waals surface area contributed by atoms with Gasteiger partial charge in [-0.25, -0.2) is 9.50 Å². The molecule has 4 heteroatoms. The fourth-order valence-electron chi connectivity index (χ4n) is 2.37. The van der Waals surface area contributed by atoms with Crippen LogP contribution in [0.25, 0.3) is 5.65 Å². The minimum Gasteiger partial charge on any atom is -0.370 e. The first-order chi connectivity index (χ1) is 7.92. The normalized spacial score (nSPS) is 17.0. The maximum atomic E-state index is 4.49. The zero-order chi connectivity index (χ0) is 10.8. The van der Waals surface area contributed by atoms with E-state index in [1.54, 1.807) is 10.7 Å². The molecule has 2 aromatic rings. The van der Waals surface area contributed by atoms with Crippen LogP contribution in [0.15, 0.2) is 24.5 Å². The molecule has 0 atom stereocenters. The molecule has 1 aliphatic rings. The molecule has 0 unspecified atom stereocenters. The van der Waals surface area contributed by atoms with E-state index in [1.807, 2.05) is 18.3 Å². The lowest BCUT2D eigenvalue weighted by molar-refractivity contribution is 0.579. The van der Waals surface area contributed by atoms with Crippen molar-refractivity contribution in [3.05, 3.63) is 24.5 Å². The summed E-state index contributed by atoms with van der Waals surface area (Å²) in [6, 6.07) is 3.90. The maximum Gasteiger partial charge on any atom is 0.157 e. The van der Waals surface area contributed by atoms with Crippen LogP contribution in [0.2, 0.25) is 0 Å². The molecule has 1 fully saturated rings. The number of hydrogen-bond acceptors (Lipinski definition) is 3. The summed E-state index contributed by atoms with van der Waals surface area (Å²) in [6.45, 7) is 1.05. The number of fused-ring (bicyclic) bond motifs is 1. The van der Waals surface area contributed by atoms with Gasteiger partial charge in [-0.05, 0) is 24.8 Å². The van der Waals surface area contributed by atoms with E-state index in [1.165, 1.54) is 25.7 Å². The molecule has 0 aromatic carbocycles. The third-order valence-electron chi connectivity index (χ3n) is 3.30. The first-order valence-electron chi connectivity index (χ1n) is 5.96. The predicted octanol–water partition coefficient (Wildman–Crippen LogP) is 2.33. The van der Waals surface area contributed by atoms with Crippen molar-refractivity contribution >= 4 is 11.5 Å². The number of aromatic nitrogens is 3. The lowest BCUT2D eigenvalue weighted by Gasteiger charge is -2.10. The van der Waals surface area contributed by atoms with Crippen molar-refractivity contribution in [1.29, 1.82) is 0 Å². The molecule has 2 aromatic heterocycles. The van der Waals surface area contributed by atoms with Gasteiger partial charge in [0.15, 0.2) is 5.65 Å². The van der Waals surface area contributed by atoms with Crippen LogP contribution < -0.4 is 5.32 Å². The van der Waals surface area contributed by atoms with Crippen LogP contribution in [-0.4, -0.2) is 21.1 Å².